The Hall–Kier alpha value is -2.37. The van der Waals surface area contributed by atoms with Gasteiger partial charge in [0.05, 0.1) is 12.2 Å². The van der Waals surface area contributed by atoms with Crippen molar-refractivity contribution in [2.24, 2.45) is 4.99 Å². The molecule has 0 fully saturated rings. The number of rotatable bonds is 5. The van der Waals surface area contributed by atoms with Crippen molar-refractivity contribution in [3.05, 3.63) is 52.6 Å². The summed E-state index contributed by atoms with van der Waals surface area (Å²) in [6, 6.07) is 5.86. The predicted octanol–water partition coefficient (Wildman–Crippen LogP) is 3.52. The average Bonchev–Trinajstić information content (AvgIpc) is 3.06. The Balaban J connectivity index is 1.66. The van der Waals surface area contributed by atoms with Crippen molar-refractivity contribution in [1.82, 2.24) is 20.4 Å². The maximum absolute atomic E-state index is 13.4. The lowest BCUT2D eigenvalue weighted by atomic mass is 9.94. The highest BCUT2D eigenvalue weighted by Crippen LogP contribution is 2.21. The molecule has 0 amide bonds. The largest absolute Gasteiger partial charge is 0.357 e. The van der Waals surface area contributed by atoms with Gasteiger partial charge in [-0.2, -0.15) is 5.10 Å². The van der Waals surface area contributed by atoms with Gasteiger partial charge in [-0.3, -0.25) is 4.68 Å². The van der Waals surface area contributed by atoms with Crippen LogP contribution in [0.2, 0.25) is 0 Å². The first-order chi connectivity index (χ1) is 13.0. The number of hydrogen-bond acceptors (Lipinski definition) is 2. The molecule has 1 unspecified atom stereocenters. The molecule has 0 radical (unpaired) electrons. The van der Waals surface area contributed by atoms with Crippen LogP contribution < -0.4 is 10.6 Å². The van der Waals surface area contributed by atoms with Crippen LogP contribution in [0.5, 0.6) is 0 Å². The second kappa shape index (κ2) is 8.55. The first kappa shape index (κ1) is 19.4. The first-order valence-corrected chi connectivity index (χ1v) is 9.83. The summed E-state index contributed by atoms with van der Waals surface area (Å²) < 4.78 is 15.5. The van der Waals surface area contributed by atoms with Crippen LogP contribution in [0.3, 0.4) is 0 Å². The number of halogens is 1. The molecule has 5 nitrogen and oxygen atoms in total. The molecular weight excluding hydrogens is 341 g/mol. The normalized spacial score (nSPS) is 17.1. The number of aliphatic imine (C=N–C) groups is 1. The van der Waals surface area contributed by atoms with Crippen LogP contribution in [0, 0.1) is 12.7 Å². The van der Waals surface area contributed by atoms with Gasteiger partial charge in [0.25, 0.3) is 0 Å². The topological polar surface area (TPSA) is 54.2 Å². The number of fused-ring (bicyclic) bond motifs is 1. The van der Waals surface area contributed by atoms with Crippen molar-refractivity contribution < 1.29 is 4.39 Å². The van der Waals surface area contributed by atoms with E-state index < -0.39 is 0 Å². The lowest BCUT2D eigenvalue weighted by molar-refractivity contribution is 0.499. The van der Waals surface area contributed by atoms with Gasteiger partial charge >= 0.3 is 0 Å². The third-order valence-corrected chi connectivity index (χ3v) is 4.95. The minimum absolute atomic E-state index is 0.174. The zero-order valence-corrected chi connectivity index (χ0v) is 16.7. The zero-order valence-electron chi connectivity index (χ0n) is 16.7. The smallest absolute Gasteiger partial charge is 0.191 e. The molecule has 3 rings (SSSR count). The van der Waals surface area contributed by atoms with Crippen molar-refractivity contribution in [2.45, 2.75) is 65.6 Å². The Labute approximate surface area is 161 Å². The van der Waals surface area contributed by atoms with E-state index in [0.29, 0.717) is 24.2 Å². The number of hydrogen-bond donors (Lipinski definition) is 2. The Morgan fingerprint density at radius 1 is 1.41 bits per heavy atom. The quantitative estimate of drug-likeness (QED) is 0.625. The second-order valence-electron chi connectivity index (χ2n) is 7.54. The standard InChI is InChI=1S/C21H30FN5/c1-5-23-21(24-12-16-6-9-19(22)15(4)10-16)25-18-8-7-17-13-27(14(2)3)26-20(17)11-18/h6,9-10,13-14,18H,5,7-8,11-12H2,1-4H3,(H2,23,24,25). The van der Waals surface area contributed by atoms with Crippen molar-refractivity contribution >= 4 is 5.96 Å². The monoisotopic (exact) mass is 371 g/mol. The van der Waals surface area contributed by atoms with Gasteiger partial charge in [-0.25, -0.2) is 9.38 Å². The number of nitrogens with one attached hydrogen (secondary N) is 2. The van der Waals surface area contributed by atoms with Crippen molar-refractivity contribution in [1.29, 1.82) is 0 Å². The van der Waals surface area contributed by atoms with Gasteiger partial charge < -0.3 is 10.6 Å². The Kier molecular flexibility index (Phi) is 6.14. The van der Waals surface area contributed by atoms with Crippen LogP contribution in [0.25, 0.3) is 0 Å². The molecule has 0 saturated carbocycles. The van der Waals surface area contributed by atoms with E-state index in [1.807, 2.05) is 6.07 Å². The third kappa shape index (κ3) is 4.87. The molecule has 1 atom stereocenters. The van der Waals surface area contributed by atoms with Crippen LogP contribution in [0.1, 0.15) is 55.6 Å². The molecule has 0 saturated heterocycles. The summed E-state index contributed by atoms with van der Waals surface area (Å²) in [4.78, 5) is 4.68. The first-order valence-electron chi connectivity index (χ1n) is 9.83. The number of guanidine groups is 1. The van der Waals surface area contributed by atoms with Crippen molar-refractivity contribution in [3.63, 3.8) is 0 Å². The summed E-state index contributed by atoms with van der Waals surface area (Å²) in [5, 5.41) is 11.6. The lowest BCUT2D eigenvalue weighted by Crippen LogP contribution is -2.45. The minimum Gasteiger partial charge on any atom is -0.357 e. The summed E-state index contributed by atoms with van der Waals surface area (Å²) >= 11 is 0. The van der Waals surface area contributed by atoms with Gasteiger partial charge in [-0.15, -0.1) is 0 Å². The Morgan fingerprint density at radius 2 is 2.22 bits per heavy atom. The fourth-order valence-corrected chi connectivity index (χ4v) is 3.39. The highest BCUT2D eigenvalue weighted by Gasteiger charge is 2.23. The van der Waals surface area contributed by atoms with E-state index in [1.54, 1.807) is 13.0 Å². The highest BCUT2D eigenvalue weighted by atomic mass is 19.1. The molecule has 6 heteroatoms. The maximum Gasteiger partial charge on any atom is 0.191 e. The number of aromatic nitrogens is 2. The SMILES string of the molecule is CCNC(=NCc1ccc(F)c(C)c1)NC1CCc2cn(C(C)C)nc2C1. The van der Waals surface area contributed by atoms with E-state index in [0.717, 1.165) is 37.3 Å². The molecule has 2 aromatic rings. The van der Waals surface area contributed by atoms with Gasteiger partial charge in [0, 0.05) is 31.2 Å². The summed E-state index contributed by atoms with van der Waals surface area (Å²) in [6.07, 6.45) is 5.20. The summed E-state index contributed by atoms with van der Waals surface area (Å²) in [5.74, 6) is 0.628. The van der Waals surface area contributed by atoms with Crippen LogP contribution in [-0.4, -0.2) is 28.3 Å². The summed E-state index contributed by atoms with van der Waals surface area (Å²) in [6.45, 7) is 9.47. The Bertz CT molecular complexity index is 809. The predicted molar refractivity (Wildman–Crippen MR) is 108 cm³/mol. The molecule has 1 heterocycles. The fourth-order valence-electron chi connectivity index (χ4n) is 3.39. The molecule has 27 heavy (non-hydrogen) atoms. The number of benzene rings is 1. The zero-order chi connectivity index (χ0) is 19.4. The Morgan fingerprint density at radius 3 is 2.93 bits per heavy atom. The maximum atomic E-state index is 13.4. The average molecular weight is 372 g/mol. The third-order valence-electron chi connectivity index (χ3n) is 4.95. The summed E-state index contributed by atoms with van der Waals surface area (Å²) in [5.41, 5.74) is 4.22. The molecule has 1 aliphatic rings. The molecule has 146 valence electrons. The highest BCUT2D eigenvalue weighted by molar-refractivity contribution is 5.80. The van der Waals surface area contributed by atoms with Gasteiger partial charge in [0.15, 0.2) is 5.96 Å². The lowest BCUT2D eigenvalue weighted by Gasteiger charge is -2.24. The minimum atomic E-state index is -0.174. The van der Waals surface area contributed by atoms with Crippen molar-refractivity contribution in [2.75, 3.05) is 6.54 Å². The fraction of sp³-hybridized carbons (Fsp3) is 0.524. The summed E-state index contributed by atoms with van der Waals surface area (Å²) in [7, 11) is 0. The van der Waals surface area contributed by atoms with Gasteiger partial charge in [0.2, 0.25) is 0 Å². The molecule has 0 spiro atoms. The van der Waals surface area contributed by atoms with Crippen LogP contribution in [0.15, 0.2) is 29.4 Å². The van der Waals surface area contributed by atoms with Crippen molar-refractivity contribution in [3.8, 4) is 0 Å². The van der Waals surface area contributed by atoms with Crippen LogP contribution in [0.4, 0.5) is 4.39 Å². The van der Waals surface area contributed by atoms with E-state index in [4.69, 9.17) is 5.10 Å². The molecule has 1 aromatic carbocycles. The number of nitrogens with zero attached hydrogens (tertiary/aromatic N) is 3. The van der Waals surface area contributed by atoms with E-state index in [2.05, 4.69) is 47.3 Å². The van der Waals surface area contributed by atoms with Gasteiger partial charge in [-0.05, 0) is 63.3 Å². The second-order valence-corrected chi connectivity index (χ2v) is 7.54. The van der Waals surface area contributed by atoms with Gasteiger partial charge in [-0.1, -0.05) is 12.1 Å². The van der Waals surface area contributed by atoms with E-state index >= 15 is 0 Å². The molecule has 1 aliphatic carbocycles. The van der Waals surface area contributed by atoms with Crippen LogP contribution in [-0.2, 0) is 19.4 Å². The molecule has 0 aliphatic heterocycles. The van der Waals surface area contributed by atoms with Gasteiger partial charge in [0.1, 0.15) is 5.82 Å². The molecule has 1 aromatic heterocycles. The molecule has 2 N–H and O–H groups in total. The molecular formula is C21H30FN5. The van der Waals surface area contributed by atoms with Crippen LogP contribution >= 0.6 is 0 Å². The number of aryl methyl sites for hydroxylation is 2. The van der Waals surface area contributed by atoms with E-state index in [-0.39, 0.29) is 5.82 Å². The van der Waals surface area contributed by atoms with E-state index in [1.165, 1.54) is 17.3 Å². The van der Waals surface area contributed by atoms with E-state index in [9.17, 15) is 4.39 Å². The molecule has 0 bridgehead atoms.